The van der Waals surface area contributed by atoms with Gasteiger partial charge in [0.15, 0.2) is 0 Å². The van der Waals surface area contributed by atoms with Gasteiger partial charge in [-0.3, -0.25) is 4.79 Å². The van der Waals surface area contributed by atoms with Crippen LogP contribution >= 0.6 is 23.1 Å². The van der Waals surface area contributed by atoms with Crippen LogP contribution in [0.5, 0.6) is 0 Å². The molecule has 100 valence electrons. The Labute approximate surface area is 120 Å². The molecule has 2 aromatic rings. The molecule has 0 unspecified atom stereocenters. The Bertz CT molecular complexity index is 523. The lowest BCUT2D eigenvalue weighted by atomic mass is 10.1. The number of rotatable bonds is 5. The summed E-state index contributed by atoms with van der Waals surface area (Å²) in [5.74, 6) is -0.144. The minimum atomic E-state index is -0.681. The molecule has 0 radical (unpaired) electrons. The SMILES string of the molecule is CSc1ccc([C@@H](O)CNC(=O)c2cccs2)cc1. The molecule has 19 heavy (non-hydrogen) atoms. The molecular formula is C14H15NO2S2. The normalized spacial score (nSPS) is 12.1. The van der Waals surface area contributed by atoms with Crippen molar-refractivity contribution in [2.45, 2.75) is 11.0 Å². The van der Waals surface area contributed by atoms with Crippen LogP contribution in [0.2, 0.25) is 0 Å². The quantitative estimate of drug-likeness (QED) is 0.833. The van der Waals surface area contributed by atoms with E-state index in [1.54, 1.807) is 17.8 Å². The minimum absolute atomic E-state index is 0.144. The minimum Gasteiger partial charge on any atom is -0.387 e. The molecule has 1 atom stereocenters. The molecule has 5 heteroatoms. The van der Waals surface area contributed by atoms with Gasteiger partial charge in [0.2, 0.25) is 0 Å². The fourth-order valence-corrected chi connectivity index (χ4v) is 2.68. The smallest absolute Gasteiger partial charge is 0.261 e. The number of hydrogen-bond donors (Lipinski definition) is 2. The third-order valence-corrected chi connectivity index (χ3v) is 4.31. The lowest BCUT2D eigenvalue weighted by Gasteiger charge is -2.12. The van der Waals surface area contributed by atoms with Gasteiger partial charge in [-0.15, -0.1) is 23.1 Å². The fourth-order valence-electron chi connectivity index (χ4n) is 1.63. The molecule has 1 amide bonds. The van der Waals surface area contributed by atoms with Crippen molar-refractivity contribution in [1.29, 1.82) is 0 Å². The number of amides is 1. The van der Waals surface area contributed by atoms with Crippen molar-refractivity contribution in [1.82, 2.24) is 5.32 Å². The molecule has 0 aliphatic rings. The summed E-state index contributed by atoms with van der Waals surface area (Å²) in [5.41, 5.74) is 0.810. The zero-order chi connectivity index (χ0) is 13.7. The molecule has 0 aliphatic carbocycles. The number of benzene rings is 1. The highest BCUT2D eigenvalue weighted by Gasteiger charge is 2.11. The number of hydrogen-bond acceptors (Lipinski definition) is 4. The molecular weight excluding hydrogens is 278 g/mol. The van der Waals surface area contributed by atoms with Crippen molar-refractivity contribution in [3.63, 3.8) is 0 Å². The molecule has 1 heterocycles. The Hall–Kier alpha value is -1.30. The first kappa shape index (κ1) is 14.1. The van der Waals surface area contributed by atoms with E-state index < -0.39 is 6.10 Å². The van der Waals surface area contributed by atoms with Gasteiger partial charge in [0.25, 0.3) is 5.91 Å². The molecule has 1 aromatic heterocycles. The Balaban J connectivity index is 1.90. The van der Waals surface area contributed by atoms with Gasteiger partial charge >= 0.3 is 0 Å². The second-order valence-corrected chi connectivity index (χ2v) is 5.80. The van der Waals surface area contributed by atoms with Crippen LogP contribution in [0.1, 0.15) is 21.3 Å². The van der Waals surface area contributed by atoms with E-state index in [1.807, 2.05) is 42.0 Å². The van der Waals surface area contributed by atoms with E-state index in [9.17, 15) is 9.90 Å². The van der Waals surface area contributed by atoms with Crippen molar-refractivity contribution >= 4 is 29.0 Å². The second kappa shape index (κ2) is 6.75. The average molecular weight is 293 g/mol. The first-order chi connectivity index (χ1) is 9.20. The number of carbonyl (C=O) groups is 1. The van der Waals surface area contributed by atoms with Gasteiger partial charge in [0.05, 0.1) is 11.0 Å². The average Bonchev–Trinajstić information content (AvgIpc) is 2.98. The molecule has 0 bridgehead atoms. The van der Waals surface area contributed by atoms with Crippen LogP contribution < -0.4 is 5.32 Å². The maximum absolute atomic E-state index is 11.7. The van der Waals surface area contributed by atoms with Crippen LogP contribution in [0.4, 0.5) is 0 Å². The highest BCUT2D eigenvalue weighted by molar-refractivity contribution is 7.98. The molecule has 0 aliphatic heterocycles. The molecule has 0 spiro atoms. The van der Waals surface area contributed by atoms with E-state index in [0.717, 1.165) is 10.5 Å². The van der Waals surface area contributed by atoms with Gasteiger partial charge in [0.1, 0.15) is 0 Å². The molecule has 0 fully saturated rings. The molecule has 3 nitrogen and oxygen atoms in total. The van der Waals surface area contributed by atoms with E-state index in [2.05, 4.69) is 5.32 Å². The number of thioether (sulfide) groups is 1. The first-order valence-electron chi connectivity index (χ1n) is 5.84. The summed E-state index contributed by atoms with van der Waals surface area (Å²) < 4.78 is 0. The summed E-state index contributed by atoms with van der Waals surface area (Å²) >= 11 is 3.04. The van der Waals surface area contributed by atoms with Crippen LogP contribution in [-0.4, -0.2) is 23.8 Å². The molecule has 0 saturated heterocycles. The van der Waals surface area contributed by atoms with Crippen molar-refractivity contribution in [3.05, 3.63) is 52.2 Å². The van der Waals surface area contributed by atoms with E-state index >= 15 is 0 Å². The Morgan fingerprint density at radius 1 is 1.37 bits per heavy atom. The number of nitrogens with one attached hydrogen (secondary N) is 1. The Morgan fingerprint density at radius 3 is 2.68 bits per heavy atom. The van der Waals surface area contributed by atoms with Crippen molar-refractivity contribution < 1.29 is 9.90 Å². The van der Waals surface area contributed by atoms with Crippen molar-refractivity contribution in [2.75, 3.05) is 12.8 Å². The van der Waals surface area contributed by atoms with E-state index in [4.69, 9.17) is 0 Å². The largest absolute Gasteiger partial charge is 0.387 e. The zero-order valence-electron chi connectivity index (χ0n) is 10.5. The molecule has 1 aromatic carbocycles. The second-order valence-electron chi connectivity index (χ2n) is 3.98. The van der Waals surface area contributed by atoms with Gasteiger partial charge in [-0.2, -0.15) is 0 Å². The van der Waals surface area contributed by atoms with E-state index in [0.29, 0.717) is 4.88 Å². The van der Waals surface area contributed by atoms with Crippen LogP contribution in [-0.2, 0) is 0 Å². The predicted molar refractivity (Wildman–Crippen MR) is 79.8 cm³/mol. The lowest BCUT2D eigenvalue weighted by molar-refractivity contribution is 0.0920. The van der Waals surface area contributed by atoms with Crippen molar-refractivity contribution in [3.8, 4) is 0 Å². The maximum atomic E-state index is 11.7. The third-order valence-electron chi connectivity index (χ3n) is 2.70. The summed E-state index contributed by atoms with van der Waals surface area (Å²) in [4.78, 5) is 13.5. The fraction of sp³-hybridized carbons (Fsp3) is 0.214. The van der Waals surface area contributed by atoms with Gasteiger partial charge in [-0.25, -0.2) is 0 Å². The van der Waals surface area contributed by atoms with Gasteiger partial charge in [-0.1, -0.05) is 18.2 Å². The highest BCUT2D eigenvalue weighted by atomic mass is 32.2. The Morgan fingerprint density at radius 2 is 2.11 bits per heavy atom. The Kier molecular flexibility index (Phi) is 5.01. The monoisotopic (exact) mass is 293 g/mol. The van der Waals surface area contributed by atoms with E-state index in [1.165, 1.54) is 11.3 Å². The lowest BCUT2D eigenvalue weighted by Crippen LogP contribution is -2.27. The van der Waals surface area contributed by atoms with Crippen LogP contribution in [0.15, 0.2) is 46.7 Å². The van der Waals surface area contributed by atoms with Gasteiger partial charge in [0, 0.05) is 11.4 Å². The maximum Gasteiger partial charge on any atom is 0.261 e. The first-order valence-corrected chi connectivity index (χ1v) is 7.95. The molecule has 2 N–H and O–H groups in total. The highest BCUT2D eigenvalue weighted by Crippen LogP contribution is 2.18. The topological polar surface area (TPSA) is 49.3 Å². The summed E-state index contributed by atoms with van der Waals surface area (Å²) in [6.45, 7) is 0.218. The predicted octanol–water partition coefficient (Wildman–Crippen LogP) is 2.93. The standard InChI is InChI=1S/C14H15NO2S2/c1-18-11-6-4-10(5-7-11)12(16)9-15-14(17)13-3-2-8-19-13/h2-8,12,16H,9H2,1H3,(H,15,17)/t12-/m0/s1. The summed E-state index contributed by atoms with van der Waals surface area (Å²) in [6, 6.07) is 11.3. The van der Waals surface area contributed by atoms with Crippen LogP contribution in [0.25, 0.3) is 0 Å². The van der Waals surface area contributed by atoms with Crippen LogP contribution in [0, 0.1) is 0 Å². The number of aliphatic hydroxyl groups excluding tert-OH is 1. The summed E-state index contributed by atoms with van der Waals surface area (Å²) in [5, 5.41) is 14.6. The summed E-state index contributed by atoms with van der Waals surface area (Å²) in [7, 11) is 0. The number of carbonyl (C=O) groups excluding carboxylic acids is 1. The van der Waals surface area contributed by atoms with Crippen LogP contribution in [0.3, 0.4) is 0 Å². The summed E-state index contributed by atoms with van der Waals surface area (Å²) in [6.07, 6.45) is 1.33. The van der Waals surface area contributed by atoms with E-state index in [-0.39, 0.29) is 12.5 Å². The number of thiophene rings is 1. The number of aliphatic hydroxyl groups is 1. The third kappa shape index (κ3) is 3.83. The van der Waals surface area contributed by atoms with Gasteiger partial charge in [-0.05, 0) is 35.4 Å². The zero-order valence-corrected chi connectivity index (χ0v) is 12.1. The molecule has 2 rings (SSSR count). The molecule has 0 saturated carbocycles. The van der Waals surface area contributed by atoms with Crippen molar-refractivity contribution in [2.24, 2.45) is 0 Å². The van der Waals surface area contributed by atoms with Gasteiger partial charge < -0.3 is 10.4 Å².